The first kappa shape index (κ1) is 23.5. The molecule has 2 saturated heterocycles. The van der Waals surface area contributed by atoms with E-state index in [1.54, 1.807) is 10.9 Å². The van der Waals surface area contributed by atoms with Crippen LogP contribution >= 0.6 is 0 Å². The van der Waals surface area contributed by atoms with Crippen molar-refractivity contribution >= 4 is 22.8 Å². The van der Waals surface area contributed by atoms with E-state index in [0.29, 0.717) is 37.1 Å². The van der Waals surface area contributed by atoms with Gasteiger partial charge in [-0.3, -0.25) is 0 Å². The third-order valence-corrected chi connectivity index (χ3v) is 6.52. The van der Waals surface area contributed by atoms with Gasteiger partial charge in [-0.15, -0.1) is 0 Å². The molecule has 3 aromatic rings. The van der Waals surface area contributed by atoms with Crippen LogP contribution in [0.1, 0.15) is 48.8 Å². The lowest BCUT2D eigenvalue weighted by Gasteiger charge is -2.27. The molecule has 10 heteroatoms. The molecule has 5 rings (SSSR count). The molecule has 35 heavy (non-hydrogen) atoms. The minimum Gasteiger partial charge on any atom is -0.492 e. The smallest absolute Gasteiger partial charge is 0.354 e. The van der Waals surface area contributed by atoms with Crippen molar-refractivity contribution in [2.24, 2.45) is 5.92 Å². The monoisotopic (exact) mass is 481 g/mol. The summed E-state index contributed by atoms with van der Waals surface area (Å²) in [6, 6.07) is 5.34. The van der Waals surface area contributed by atoms with Crippen molar-refractivity contribution in [1.29, 1.82) is 0 Å². The van der Waals surface area contributed by atoms with Crippen molar-refractivity contribution in [3.8, 4) is 11.4 Å². The minimum atomic E-state index is -1.11. The molecule has 0 bridgehead atoms. The lowest BCUT2D eigenvalue weighted by atomic mass is 10.0. The quantitative estimate of drug-likeness (QED) is 0.543. The molecule has 3 aromatic heterocycles. The van der Waals surface area contributed by atoms with Crippen LogP contribution in [0.4, 0.5) is 5.82 Å². The Morgan fingerprint density at radius 3 is 2.63 bits per heavy atom. The number of aromatic carboxylic acids is 1. The Morgan fingerprint density at radius 1 is 1.17 bits per heavy atom. The Kier molecular flexibility index (Phi) is 6.83. The third-order valence-electron chi connectivity index (χ3n) is 6.52. The number of aromatic nitrogens is 4. The molecule has 2 aliphatic rings. The molecule has 0 spiro atoms. The molecular formula is C25H31N5O5. The number of carboxylic acids is 1. The number of fused-ring (bicyclic) bond motifs is 1. The van der Waals surface area contributed by atoms with Gasteiger partial charge in [-0.05, 0) is 30.7 Å². The van der Waals surface area contributed by atoms with Gasteiger partial charge in [-0.1, -0.05) is 13.8 Å². The van der Waals surface area contributed by atoms with Crippen molar-refractivity contribution in [3.05, 3.63) is 35.8 Å². The van der Waals surface area contributed by atoms with Crippen LogP contribution in [0.2, 0.25) is 0 Å². The Labute approximate surface area is 203 Å². The standard InChI is InChI=1S/C25H31N5O5/c1-16(2)23-22-20(35-15-17-4-9-33-10-5-17)14-19(25(31)32)27-24(22)30(28-23)18-3-6-26-21(13-18)29-7-11-34-12-8-29/h3,6,13-14,16-17H,4-5,7-12,15H2,1-2H3,(H,31,32). The molecule has 0 aromatic carbocycles. The van der Waals surface area contributed by atoms with E-state index in [2.05, 4.69) is 28.7 Å². The Bertz CT molecular complexity index is 1200. The first-order valence-electron chi connectivity index (χ1n) is 12.2. The van der Waals surface area contributed by atoms with Gasteiger partial charge in [-0.25, -0.2) is 19.4 Å². The number of hydrogen-bond donors (Lipinski definition) is 1. The van der Waals surface area contributed by atoms with Gasteiger partial charge in [0.25, 0.3) is 0 Å². The van der Waals surface area contributed by atoms with Crippen LogP contribution < -0.4 is 9.64 Å². The number of hydrogen-bond acceptors (Lipinski definition) is 8. The number of nitrogens with zero attached hydrogens (tertiary/aromatic N) is 5. The van der Waals surface area contributed by atoms with Gasteiger partial charge < -0.3 is 24.2 Å². The number of pyridine rings is 2. The van der Waals surface area contributed by atoms with E-state index >= 15 is 0 Å². The van der Waals surface area contributed by atoms with Gasteiger partial charge in [-0.2, -0.15) is 5.10 Å². The van der Waals surface area contributed by atoms with Crippen molar-refractivity contribution in [3.63, 3.8) is 0 Å². The predicted octanol–water partition coefficient (Wildman–Crippen LogP) is 3.28. The van der Waals surface area contributed by atoms with E-state index in [-0.39, 0.29) is 11.6 Å². The summed E-state index contributed by atoms with van der Waals surface area (Å²) in [7, 11) is 0. The maximum atomic E-state index is 12.0. The second kappa shape index (κ2) is 10.2. The van der Waals surface area contributed by atoms with Gasteiger partial charge in [0.15, 0.2) is 11.3 Å². The van der Waals surface area contributed by atoms with Crippen molar-refractivity contribution in [2.45, 2.75) is 32.6 Å². The van der Waals surface area contributed by atoms with Crippen LogP contribution in [0.25, 0.3) is 16.7 Å². The summed E-state index contributed by atoms with van der Waals surface area (Å²) in [5, 5.41) is 15.4. The fraction of sp³-hybridized carbons (Fsp3) is 0.520. The summed E-state index contributed by atoms with van der Waals surface area (Å²) < 4.78 is 18.9. The van der Waals surface area contributed by atoms with Crippen LogP contribution in [0, 0.1) is 5.92 Å². The molecule has 0 unspecified atom stereocenters. The van der Waals surface area contributed by atoms with Crippen LogP contribution in [0.15, 0.2) is 24.4 Å². The van der Waals surface area contributed by atoms with Crippen LogP contribution in [0.3, 0.4) is 0 Å². The fourth-order valence-corrected chi connectivity index (χ4v) is 4.54. The molecule has 0 saturated carbocycles. The molecule has 2 aliphatic heterocycles. The first-order valence-corrected chi connectivity index (χ1v) is 12.2. The maximum absolute atomic E-state index is 12.0. The summed E-state index contributed by atoms with van der Waals surface area (Å²) >= 11 is 0. The zero-order valence-corrected chi connectivity index (χ0v) is 20.1. The Hall–Kier alpha value is -3.24. The molecule has 2 fully saturated rings. The Balaban J connectivity index is 1.59. The summed E-state index contributed by atoms with van der Waals surface area (Å²) in [5.74, 6) is 0.684. The largest absolute Gasteiger partial charge is 0.492 e. The highest BCUT2D eigenvalue weighted by Crippen LogP contribution is 2.35. The molecule has 0 atom stereocenters. The highest BCUT2D eigenvalue weighted by atomic mass is 16.5. The molecule has 0 amide bonds. The van der Waals surface area contributed by atoms with Gasteiger partial charge in [0, 0.05) is 44.6 Å². The van der Waals surface area contributed by atoms with Gasteiger partial charge in [0.05, 0.1) is 36.6 Å². The molecule has 1 N–H and O–H groups in total. The van der Waals surface area contributed by atoms with E-state index in [1.807, 2.05) is 12.1 Å². The first-order chi connectivity index (χ1) is 17.0. The fourth-order valence-electron chi connectivity index (χ4n) is 4.54. The van der Waals surface area contributed by atoms with E-state index in [4.69, 9.17) is 19.3 Å². The van der Waals surface area contributed by atoms with E-state index in [9.17, 15) is 9.90 Å². The predicted molar refractivity (Wildman–Crippen MR) is 130 cm³/mol. The number of carbonyl (C=O) groups is 1. The molecule has 0 aliphatic carbocycles. The van der Waals surface area contributed by atoms with Crippen molar-refractivity contribution < 1.29 is 24.1 Å². The summed E-state index contributed by atoms with van der Waals surface area (Å²) in [6.45, 7) is 8.91. The Morgan fingerprint density at radius 2 is 1.91 bits per heavy atom. The maximum Gasteiger partial charge on any atom is 0.354 e. The van der Waals surface area contributed by atoms with E-state index < -0.39 is 5.97 Å². The summed E-state index contributed by atoms with van der Waals surface area (Å²) in [4.78, 5) is 23.2. The molecule has 5 heterocycles. The average Bonchev–Trinajstić information content (AvgIpc) is 3.29. The van der Waals surface area contributed by atoms with Crippen LogP contribution in [0.5, 0.6) is 5.75 Å². The van der Waals surface area contributed by atoms with Crippen molar-refractivity contribution in [1.82, 2.24) is 19.7 Å². The lowest BCUT2D eigenvalue weighted by molar-refractivity contribution is 0.0499. The lowest BCUT2D eigenvalue weighted by Crippen LogP contribution is -2.36. The van der Waals surface area contributed by atoms with Gasteiger partial charge in [0.2, 0.25) is 0 Å². The number of carboxylic acid groups (broad SMARTS) is 1. The molecule has 186 valence electrons. The summed E-state index contributed by atoms with van der Waals surface area (Å²) in [5.41, 5.74) is 1.98. The summed E-state index contributed by atoms with van der Waals surface area (Å²) in [6.07, 6.45) is 3.60. The highest BCUT2D eigenvalue weighted by molar-refractivity contribution is 5.94. The van der Waals surface area contributed by atoms with Crippen molar-refractivity contribution in [2.75, 3.05) is 51.0 Å². The normalized spacial score (nSPS) is 17.3. The number of morpholine rings is 1. The zero-order chi connectivity index (χ0) is 24.4. The second-order valence-electron chi connectivity index (χ2n) is 9.30. The molecule has 0 radical (unpaired) electrons. The topological polar surface area (TPSA) is 112 Å². The third kappa shape index (κ3) is 4.94. The average molecular weight is 482 g/mol. The van der Waals surface area contributed by atoms with Crippen LogP contribution in [-0.2, 0) is 9.47 Å². The molecular weight excluding hydrogens is 450 g/mol. The molecule has 10 nitrogen and oxygen atoms in total. The second-order valence-corrected chi connectivity index (χ2v) is 9.30. The highest BCUT2D eigenvalue weighted by Gasteiger charge is 2.25. The zero-order valence-electron chi connectivity index (χ0n) is 20.1. The van der Waals surface area contributed by atoms with E-state index in [1.165, 1.54) is 6.07 Å². The SMILES string of the molecule is CC(C)c1nn(-c2ccnc(N3CCOCC3)c2)c2nc(C(=O)O)cc(OCC3CCOCC3)c12. The number of rotatable bonds is 7. The van der Waals surface area contributed by atoms with Gasteiger partial charge in [0.1, 0.15) is 11.6 Å². The minimum absolute atomic E-state index is 0.0709. The van der Waals surface area contributed by atoms with E-state index in [0.717, 1.165) is 61.7 Å². The van der Waals surface area contributed by atoms with Gasteiger partial charge >= 0.3 is 5.97 Å². The van der Waals surface area contributed by atoms with Crippen LogP contribution in [-0.4, -0.2) is 76.9 Å². The number of anilines is 1. The number of ether oxygens (including phenoxy) is 3.